The average molecular weight is 257 g/mol. The van der Waals surface area contributed by atoms with Gasteiger partial charge in [0.05, 0.1) is 18.7 Å². The second-order valence-corrected chi connectivity index (χ2v) is 5.68. The van der Waals surface area contributed by atoms with Crippen molar-refractivity contribution in [2.75, 3.05) is 13.7 Å². The monoisotopic (exact) mass is 256 g/mol. The van der Waals surface area contributed by atoms with Crippen LogP contribution in [0, 0.1) is 0 Å². The second kappa shape index (κ2) is 5.28. The van der Waals surface area contributed by atoms with E-state index in [1.165, 1.54) is 5.56 Å². The highest BCUT2D eigenvalue weighted by atomic mass is 35.5. The van der Waals surface area contributed by atoms with Gasteiger partial charge in [0.2, 0.25) is 0 Å². The molecule has 0 aromatic heterocycles. The van der Waals surface area contributed by atoms with Crippen molar-refractivity contribution in [1.29, 1.82) is 0 Å². The van der Waals surface area contributed by atoms with E-state index < -0.39 is 0 Å². The van der Waals surface area contributed by atoms with E-state index in [1.54, 1.807) is 7.11 Å². The summed E-state index contributed by atoms with van der Waals surface area (Å²) in [6.07, 6.45) is 0. The van der Waals surface area contributed by atoms with E-state index in [2.05, 4.69) is 13.8 Å². The van der Waals surface area contributed by atoms with Gasteiger partial charge in [-0.1, -0.05) is 39.3 Å². The fourth-order valence-electron chi connectivity index (χ4n) is 1.87. The highest BCUT2D eigenvalue weighted by molar-refractivity contribution is 6.32. The molecule has 0 atom stereocenters. The summed E-state index contributed by atoms with van der Waals surface area (Å²) in [4.78, 5) is 0. The van der Waals surface area contributed by atoms with Crippen molar-refractivity contribution in [2.45, 2.75) is 39.0 Å². The summed E-state index contributed by atoms with van der Waals surface area (Å²) >= 11 is 6.16. The lowest BCUT2D eigenvalue weighted by atomic mass is 9.79. The van der Waals surface area contributed by atoms with E-state index in [0.717, 1.165) is 5.56 Å². The van der Waals surface area contributed by atoms with Gasteiger partial charge in [0.25, 0.3) is 0 Å². The first-order valence-electron chi connectivity index (χ1n) is 5.82. The van der Waals surface area contributed by atoms with E-state index in [4.69, 9.17) is 16.3 Å². The van der Waals surface area contributed by atoms with Gasteiger partial charge in [-0.25, -0.2) is 0 Å². The van der Waals surface area contributed by atoms with Crippen molar-refractivity contribution >= 4 is 11.6 Å². The first-order valence-corrected chi connectivity index (χ1v) is 6.20. The van der Waals surface area contributed by atoms with Gasteiger partial charge < -0.3 is 9.84 Å². The smallest absolute Gasteiger partial charge is 0.137 e. The molecule has 3 heteroatoms. The number of rotatable bonds is 4. The number of halogens is 1. The quantitative estimate of drug-likeness (QED) is 0.889. The molecule has 1 N–H and O–H groups in total. The normalized spacial score (nSPS) is 12.0. The molecule has 2 nitrogen and oxygen atoms in total. The average Bonchev–Trinajstić information content (AvgIpc) is 2.28. The highest BCUT2D eigenvalue weighted by Crippen LogP contribution is 2.37. The maximum atomic E-state index is 9.50. The van der Waals surface area contributed by atoms with Crippen LogP contribution >= 0.6 is 11.6 Å². The predicted molar refractivity (Wildman–Crippen MR) is 72.2 cm³/mol. The van der Waals surface area contributed by atoms with Crippen LogP contribution in [0.15, 0.2) is 12.1 Å². The molecule has 0 amide bonds. The molecule has 0 unspecified atom stereocenters. The molecule has 96 valence electrons. The molecule has 0 aliphatic carbocycles. The molecule has 0 aliphatic heterocycles. The Morgan fingerprint density at radius 2 is 1.94 bits per heavy atom. The van der Waals surface area contributed by atoms with Crippen LogP contribution in [0.4, 0.5) is 0 Å². The molecule has 0 aliphatic rings. The Hall–Kier alpha value is -0.730. The van der Waals surface area contributed by atoms with Crippen molar-refractivity contribution in [2.24, 2.45) is 0 Å². The summed E-state index contributed by atoms with van der Waals surface area (Å²) in [5.41, 5.74) is 1.96. The van der Waals surface area contributed by atoms with Gasteiger partial charge >= 0.3 is 0 Å². The summed E-state index contributed by atoms with van der Waals surface area (Å²) in [5, 5.41) is 10.1. The van der Waals surface area contributed by atoms with Gasteiger partial charge in [0.15, 0.2) is 0 Å². The van der Waals surface area contributed by atoms with E-state index in [0.29, 0.717) is 16.7 Å². The van der Waals surface area contributed by atoms with Crippen LogP contribution in [0.5, 0.6) is 5.75 Å². The number of aliphatic hydroxyl groups excluding tert-OH is 1. The molecule has 0 spiro atoms. The first-order chi connectivity index (χ1) is 7.83. The molecule has 1 aromatic carbocycles. The fourth-order valence-corrected chi connectivity index (χ4v) is 2.12. The lowest BCUT2D eigenvalue weighted by Gasteiger charge is -2.28. The highest BCUT2D eigenvalue weighted by Gasteiger charge is 2.25. The summed E-state index contributed by atoms with van der Waals surface area (Å²) in [6.45, 7) is 8.36. The molecular formula is C14H21ClO2. The van der Waals surface area contributed by atoms with Crippen molar-refractivity contribution in [1.82, 2.24) is 0 Å². The zero-order chi connectivity index (χ0) is 13.2. The Balaban J connectivity index is 3.43. The molecule has 1 rings (SSSR count). The minimum absolute atomic E-state index is 0.0926. The Kier molecular flexibility index (Phi) is 4.45. The molecule has 1 aromatic rings. The molecule has 0 saturated heterocycles. The second-order valence-electron chi connectivity index (χ2n) is 5.27. The summed E-state index contributed by atoms with van der Waals surface area (Å²) in [6, 6.07) is 3.88. The van der Waals surface area contributed by atoms with Gasteiger partial charge in [-0.05, 0) is 29.2 Å². The Labute approximate surface area is 109 Å². The molecule has 0 saturated carbocycles. The van der Waals surface area contributed by atoms with Gasteiger partial charge in [-0.15, -0.1) is 0 Å². The number of methoxy groups -OCH3 is 1. The topological polar surface area (TPSA) is 29.5 Å². The zero-order valence-electron chi connectivity index (χ0n) is 11.2. The third-order valence-corrected chi connectivity index (χ3v) is 3.37. The maximum Gasteiger partial charge on any atom is 0.137 e. The SMILES string of the molecule is COc1cc(C(C)C)c(C(C)(C)CO)cc1Cl. The number of hydrogen-bond acceptors (Lipinski definition) is 2. The zero-order valence-corrected chi connectivity index (χ0v) is 11.9. The van der Waals surface area contributed by atoms with Crippen molar-refractivity contribution < 1.29 is 9.84 Å². The minimum atomic E-state index is -0.296. The van der Waals surface area contributed by atoms with Crippen molar-refractivity contribution in [3.8, 4) is 5.75 Å². The fraction of sp³-hybridized carbons (Fsp3) is 0.571. The predicted octanol–water partition coefficient (Wildman–Crippen LogP) is 3.74. The number of ether oxygens (including phenoxy) is 1. The molecule has 0 fully saturated rings. The molecule has 0 heterocycles. The van der Waals surface area contributed by atoms with Crippen LogP contribution in [0.25, 0.3) is 0 Å². The summed E-state index contributed by atoms with van der Waals surface area (Å²) in [7, 11) is 1.61. The van der Waals surface area contributed by atoms with E-state index in [9.17, 15) is 5.11 Å². The molecule has 0 bridgehead atoms. The number of aliphatic hydroxyl groups is 1. The Bertz CT molecular complexity index is 397. The van der Waals surface area contributed by atoms with E-state index in [1.807, 2.05) is 26.0 Å². The largest absolute Gasteiger partial charge is 0.495 e. The first kappa shape index (κ1) is 14.3. The Morgan fingerprint density at radius 1 is 1.35 bits per heavy atom. The molecule has 17 heavy (non-hydrogen) atoms. The lowest BCUT2D eigenvalue weighted by Crippen LogP contribution is -2.24. The molecule has 0 radical (unpaired) electrons. The van der Waals surface area contributed by atoms with Crippen LogP contribution in [-0.4, -0.2) is 18.8 Å². The standard InChI is InChI=1S/C14H21ClO2/c1-9(2)10-6-13(17-5)12(15)7-11(10)14(3,4)8-16/h6-7,9,16H,8H2,1-5H3. The van der Waals surface area contributed by atoms with Crippen LogP contribution in [0.3, 0.4) is 0 Å². The summed E-state index contributed by atoms with van der Waals surface area (Å²) in [5.74, 6) is 1.05. The van der Waals surface area contributed by atoms with Gasteiger partial charge in [0.1, 0.15) is 5.75 Å². The van der Waals surface area contributed by atoms with Crippen LogP contribution in [0.2, 0.25) is 5.02 Å². The van der Waals surface area contributed by atoms with Crippen LogP contribution in [0.1, 0.15) is 44.7 Å². The van der Waals surface area contributed by atoms with Gasteiger partial charge in [0, 0.05) is 5.41 Å². The van der Waals surface area contributed by atoms with E-state index in [-0.39, 0.29) is 12.0 Å². The molecular weight excluding hydrogens is 236 g/mol. The third kappa shape index (κ3) is 2.93. The van der Waals surface area contributed by atoms with Crippen LogP contribution < -0.4 is 4.74 Å². The number of hydrogen-bond donors (Lipinski definition) is 1. The lowest BCUT2D eigenvalue weighted by molar-refractivity contribution is 0.217. The Morgan fingerprint density at radius 3 is 2.35 bits per heavy atom. The van der Waals surface area contributed by atoms with Gasteiger partial charge in [-0.2, -0.15) is 0 Å². The van der Waals surface area contributed by atoms with Crippen molar-refractivity contribution in [3.63, 3.8) is 0 Å². The van der Waals surface area contributed by atoms with Crippen LogP contribution in [-0.2, 0) is 5.41 Å². The minimum Gasteiger partial charge on any atom is -0.495 e. The van der Waals surface area contributed by atoms with Gasteiger partial charge in [-0.3, -0.25) is 0 Å². The van der Waals surface area contributed by atoms with E-state index >= 15 is 0 Å². The summed E-state index contributed by atoms with van der Waals surface area (Å²) < 4.78 is 5.24. The third-order valence-electron chi connectivity index (χ3n) is 3.07. The number of benzene rings is 1. The maximum absolute atomic E-state index is 9.50. The van der Waals surface area contributed by atoms with Crippen molar-refractivity contribution in [3.05, 3.63) is 28.3 Å².